The minimum atomic E-state index is 0.115. The van der Waals surface area contributed by atoms with Gasteiger partial charge in [-0.15, -0.1) is 11.8 Å². The van der Waals surface area contributed by atoms with Gasteiger partial charge in [-0.1, -0.05) is 48.0 Å². The Morgan fingerprint density at radius 2 is 1.62 bits per heavy atom. The molecular weight excluding hydrogens is 300 g/mol. The Kier molecular flexibility index (Phi) is 4.28. The number of hydrogen-bond acceptors (Lipinski definition) is 2. The fourth-order valence-corrected chi connectivity index (χ4v) is 3.28. The van der Waals surface area contributed by atoms with Gasteiger partial charge in [0.1, 0.15) is 0 Å². The van der Waals surface area contributed by atoms with Gasteiger partial charge >= 0.3 is 0 Å². The van der Waals surface area contributed by atoms with Gasteiger partial charge in [0.15, 0.2) is 5.78 Å². The number of halogens is 1. The van der Waals surface area contributed by atoms with Gasteiger partial charge in [0.25, 0.3) is 0 Å². The Hall–Kier alpha value is -1.77. The van der Waals surface area contributed by atoms with Crippen LogP contribution in [0.2, 0.25) is 5.02 Å². The zero-order chi connectivity index (χ0) is 14.7. The SMILES string of the molecule is O=C(CSc1cccc2ccccc12)c1ccc(Cl)cc1. The first-order chi connectivity index (χ1) is 10.2. The van der Waals surface area contributed by atoms with Crippen LogP contribution in [0.1, 0.15) is 10.4 Å². The second kappa shape index (κ2) is 6.33. The lowest BCUT2D eigenvalue weighted by molar-refractivity contribution is 0.102. The number of carbonyl (C=O) groups is 1. The predicted octanol–water partition coefficient (Wildman–Crippen LogP) is 5.47. The van der Waals surface area contributed by atoms with Crippen LogP contribution in [0.15, 0.2) is 71.6 Å². The van der Waals surface area contributed by atoms with Crippen molar-refractivity contribution < 1.29 is 4.79 Å². The second-order valence-electron chi connectivity index (χ2n) is 4.70. The second-order valence-corrected chi connectivity index (χ2v) is 6.15. The van der Waals surface area contributed by atoms with Gasteiger partial charge in [-0.25, -0.2) is 0 Å². The summed E-state index contributed by atoms with van der Waals surface area (Å²) in [6, 6.07) is 21.4. The van der Waals surface area contributed by atoms with Crippen molar-refractivity contribution >= 4 is 39.9 Å². The highest BCUT2D eigenvalue weighted by Gasteiger charge is 2.08. The molecule has 3 heteroatoms. The molecule has 0 fully saturated rings. The molecular formula is C18H13ClOS. The van der Waals surface area contributed by atoms with Gasteiger partial charge in [-0.3, -0.25) is 4.79 Å². The van der Waals surface area contributed by atoms with Crippen molar-refractivity contribution in [2.24, 2.45) is 0 Å². The summed E-state index contributed by atoms with van der Waals surface area (Å²) in [5.74, 6) is 0.542. The number of ketones is 1. The number of Topliss-reactive ketones (excluding diaryl/α,β-unsaturated/α-hetero) is 1. The molecule has 3 aromatic carbocycles. The Labute approximate surface area is 132 Å². The average Bonchev–Trinajstić information content (AvgIpc) is 2.53. The van der Waals surface area contributed by atoms with Crippen LogP contribution in [0, 0.1) is 0 Å². The average molecular weight is 313 g/mol. The number of carbonyl (C=O) groups excluding carboxylic acids is 1. The van der Waals surface area contributed by atoms with E-state index < -0.39 is 0 Å². The van der Waals surface area contributed by atoms with E-state index in [4.69, 9.17) is 11.6 Å². The summed E-state index contributed by atoms with van der Waals surface area (Å²) >= 11 is 7.41. The van der Waals surface area contributed by atoms with Crippen molar-refractivity contribution in [2.45, 2.75) is 4.90 Å². The lowest BCUT2D eigenvalue weighted by Crippen LogP contribution is -2.01. The molecule has 0 saturated carbocycles. The molecule has 0 aliphatic heterocycles. The van der Waals surface area contributed by atoms with E-state index in [2.05, 4.69) is 24.3 Å². The summed E-state index contributed by atoms with van der Waals surface area (Å²) in [5, 5.41) is 3.03. The molecule has 21 heavy (non-hydrogen) atoms. The van der Waals surface area contributed by atoms with Crippen molar-refractivity contribution in [2.75, 3.05) is 5.75 Å². The summed E-state index contributed by atoms with van der Waals surface area (Å²) in [7, 11) is 0. The van der Waals surface area contributed by atoms with E-state index in [-0.39, 0.29) is 5.78 Å². The zero-order valence-electron chi connectivity index (χ0n) is 11.3. The molecule has 0 aromatic heterocycles. The van der Waals surface area contributed by atoms with Crippen LogP contribution in [0.4, 0.5) is 0 Å². The Balaban J connectivity index is 1.77. The topological polar surface area (TPSA) is 17.1 Å². The molecule has 0 N–H and O–H groups in total. The molecule has 0 bridgehead atoms. The van der Waals surface area contributed by atoms with Crippen molar-refractivity contribution in [1.82, 2.24) is 0 Å². The maximum atomic E-state index is 12.2. The van der Waals surface area contributed by atoms with Crippen LogP contribution in [-0.4, -0.2) is 11.5 Å². The van der Waals surface area contributed by atoms with Crippen LogP contribution in [0.3, 0.4) is 0 Å². The van der Waals surface area contributed by atoms with Crippen molar-refractivity contribution in [3.63, 3.8) is 0 Å². The van der Waals surface area contributed by atoms with Crippen LogP contribution < -0.4 is 0 Å². The van der Waals surface area contributed by atoms with E-state index >= 15 is 0 Å². The molecule has 104 valence electrons. The maximum absolute atomic E-state index is 12.2. The maximum Gasteiger partial charge on any atom is 0.173 e. The number of fused-ring (bicyclic) bond motifs is 1. The Bertz CT molecular complexity index is 775. The molecule has 0 radical (unpaired) electrons. The van der Waals surface area contributed by atoms with Crippen molar-refractivity contribution in [3.8, 4) is 0 Å². The molecule has 1 nitrogen and oxygen atoms in total. The van der Waals surface area contributed by atoms with E-state index in [1.54, 1.807) is 36.0 Å². The molecule has 0 unspecified atom stereocenters. The van der Waals surface area contributed by atoms with E-state index in [0.29, 0.717) is 16.3 Å². The number of thioether (sulfide) groups is 1. The fourth-order valence-electron chi connectivity index (χ4n) is 2.18. The molecule has 0 amide bonds. The lowest BCUT2D eigenvalue weighted by atomic mass is 10.1. The monoisotopic (exact) mass is 312 g/mol. The molecule has 0 spiro atoms. The lowest BCUT2D eigenvalue weighted by Gasteiger charge is -2.06. The van der Waals surface area contributed by atoms with Crippen LogP contribution >= 0.6 is 23.4 Å². The molecule has 0 heterocycles. The van der Waals surface area contributed by atoms with Gasteiger partial charge in [-0.05, 0) is 41.1 Å². The van der Waals surface area contributed by atoms with Crippen LogP contribution in [-0.2, 0) is 0 Å². The van der Waals surface area contributed by atoms with Crippen molar-refractivity contribution in [3.05, 3.63) is 77.3 Å². The number of benzene rings is 3. The highest BCUT2D eigenvalue weighted by Crippen LogP contribution is 2.28. The molecule has 0 atom stereocenters. The van der Waals surface area contributed by atoms with Gasteiger partial charge in [0.05, 0.1) is 5.75 Å². The summed E-state index contributed by atoms with van der Waals surface area (Å²) < 4.78 is 0. The normalized spacial score (nSPS) is 10.7. The molecule has 0 saturated heterocycles. The molecule has 0 aliphatic carbocycles. The fraction of sp³-hybridized carbons (Fsp3) is 0.0556. The molecule has 3 aromatic rings. The van der Waals surface area contributed by atoms with Crippen LogP contribution in [0.25, 0.3) is 10.8 Å². The van der Waals surface area contributed by atoms with Crippen molar-refractivity contribution in [1.29, 1.82) is 0 Å². The van der Waals surface area contributed by atoms with Crippen LogP contribution in [0.5, 0.6) is 0 Å². The van der Waals surface area contributed by atoms with Gasteiger partial charge in [0.2, 0.25) is 0 Å². The molecule has 0 aliphatic rings. The first kappa shape index (κ1) is 14.2. The van der Waals surface area contributed by atoms with Gasteiger partial charge < -0.3 is 0 Å². The summed E-state index contributed by atoms with van der Waals surface area (Å²) in [5.41, 5.74) is 0.701. The first-order valence-corrected chi connectivity index (χ1v) is 8.00. The smallest absolute Gasteiger partial charge is 0.173 e. The third kappa shape index (κ3) is 3.29. The Morgan fingerprint density at radius 1 is 0.905 bits per heavy atom. The van der Waals surface area contributed by atoms with Gasteiger partial charge in [0, 0.05) is 15.5 Å². The van der Waals surface area contributed by atoms with E-state index in [1.165, 1.54) is 10.8 Å². The van der Waals surface area contributed by atoms with E-state index in [1.807, 2.05) is 18.2 Å². The standard InChI is InChI=1S/C18H13ClOS/c19-15-10-8-14(9-11-15)17(20)12-21-18-7-3-5-13-4-1-2-6-16(13)18/h1-11H,12H2. The number of hydrogen-bond donors (Lipinski definition) is 0. The minimum absolute atomic E-state index is 0.115. The molecule has 3 rings (SSSR count). The minimum Gasteiger partial charge on any atom is -0.293 e. The predicted molar refractivity (Wildman–Crippen MR) is 90.5 cm³/mol. The van der Waals surface area contributed by atoms with E-state index in [9.17, 15) is 4.79 Å². The third-order valence-electron chi connectivity index (χ3n) is 3.27. The summed E-state index contributed by atoms with van der Waals surface area (Å²) in [6.45, 7) is 0. The highest BCUT2D eigenvalue weighted by molar-refractivity contribution is 8.00. The third-order valence-corrected chi connectivity index (χ3v) is 4.60. The number of rotatable bonds is 4. The quantitative estimate of drug-likeness (QED) is 0.469. The largest absolute Gasteiger partial charge is 0.293 e. The summed E-state index contributed by atoms with van der Waals surface area (Å²) in [4.78, 5) is 13.3. The van der Waals surface area contributed by atoms with E-state index in [0.717, 1.165) is 4.90 Å². The van der Waals surface area contributed by atoms with Gasteiger partial charge in [-0.2, -0.15) is 0 Å². The first-order valence-electron chi connectivity index (χ1n) is 6.63. The summed E-state index contributed by atoms with van der Waals surface area (Å²) in [6.07, 6.45) is 0. The Morgan fingerprint density at radius 3 is 2.43 bits per heavy atom. The zero-order valence-corrected chi connectivity index (χ0v) is 12.8. The highest BCUT2D eigenvalue weighted by atomic mass is 35.5.